The van der Waals surface area contributed by atoms with Crippen molar-refractivity contribution < 1.29 is 19.0 Å². The van der Waals surface area contributed by atoms with Gasteiger partial charge in [-0.1, -0.05) is 24.3 Å². The molecule has 0 atom stereocenters. The number of hydrogen-bond acceptors (Lipinski definition) is 6. The van der Waals surface area contributed by atoms with E-state index in [-0.39, 0.29) is 6.61 Å². The van der Waals surface area contributed by atoms with E-state index >= 15 is 0 Å². The van der Waals surface area contributed by atoms with Crippen LogP contribution in [0.4, 0.5) is 10.5 Å². The van der Waals surface area contributed by atoms with Crippen molar-refractivity contribution in [3.63, 3.8) is 0 Å². The molecule has 0 unspecified atom stereocenters. The Morgan fingerprint density at radius 2 is 1.67 bits per heavy atom. The van der Waals surface area contributed by atoms with Crippen LogP contribution in [0.3, 0.4) is 0 Å². The van der Waals surface area contributed by atoms with Crippen LogP contribution < -0.4 is 10.1 Å². The van der Waals surface area contributed by atoms with Gasteiger partial charge in [0.05, 0.1) is 26.4 Å². The number of nitrogens with one attached hydrogen (secondary N) is 1. The van der Waals surface area contributed by atoms with E-state index in [2.05, 4.69) is 27.2 Å². The number of carbonyl (C=O) groups excluding carboxylic acids is 1. The zero-order chi connectivity index (χ0) is 20.8. The van der Waals surface area contributed by atoms with Crippen molar-refractivity contribution >= 4 is 11.8 Å². The van der Waals surface area contributed by atoms with Gasteiger partial charge in [-0.05, 0) is 35.4 Å². The van der Waals surface area contributed by atoms with E-state index in [9.17, 15) is 4.79 Å². The summed E-state index contributed by atoms with van der Waals surface area (Å²) in [5.74, 6) is 0.776. The quantitative estimate of drug-likeness (QED) is 0.756. The number of hydrogen-bond donors (Lipinski definition) is 1. The van der Waals surface area contributed by atoms with Crippen molar-refractivity contribution in [2.75, 3.05) is 51.8 Å². The highest BCUT2D eigenvalue weighted by Crippen LogP contribution is 2.17. The normalized spacial score (nSPS) is 17.9. The number of piperazine rings is 1. The Morgan fingerprint density at radius 1 is 1.00 bits per heavy atom. The minimum atomic E-state index is -0.463. The summed E-state index contributed by atoms with van der Waals surface area (Å²) in [7, 11) is 1.62. The third kappa shape index (κ3) is 5.50. The average Bonchev–Trinajstić information content (AvgIpc) is 2.74. The average molecular weight is 412 g/mol. The van der Waals surface area contributed by atoms with Crippen molar-refractivity contribution in [3.05, 3.63) is 59.7 Å². The number of rotatable bonds is 7. The molecule has 160 valence electrons. The van der Waals surface area contributed by atoms with Crippen LogP contribution in [-0.2, 0) is 22.6 Å². The molecular weight excluding hydrogens is 382 g/mol. The Bertz CT molecular complexity index is 813. The molecule has 2 saturated heterocycles. The first-order valence-electron chi connectivity index (χ1n) is 10.4. The molecular formula is C23H29N3O4. The number of methoxy groups -OCH3 is 1. The second kappa shape index (κ2) is 9.93. The molecule has 0 radical (unpaired) electrons. The Kier molecular flexibility index (Phi) is 6.84. The molecule has 0 spiro atoms. The monoisotopic (exact) mass is 411 g/mol. The lowest BCUT2D eigenvalue weighted by molar-refractivity contribution is -0.0774. The van der Waals surface area contributed by atoms with Gasteiger partial charge in [-0.2, -0.15) is 0 Å². The zero-order valence-corrected chi connectivity index (χ0v) is 17.4. The summed E-state index contributed by atoms with van der Waals surface area (Å²) in [4.78, 5) is 17.1. The molecule has 0 saturated carbocycles. The summed E-state index contributed by atoms with van der Waals surface area (Å²) < 4.78 is 15.7. The SMILES string of the molecule is COc1ccc(COC(=O)Nc2ccc(CN3CCN(C4COC4)CC3)cc2)cc1. The van der Waals surface area contributed by atoms with Crippen LogP contribution in [-0.4, -0.2) is 68.4 Å². The van der Waals surface area contributed by atoms with Gasteiger partial charge in [0, 0.05) is 38.4 Å². The lowest BCUT2D eigenvalue weighted by Crippen LogP contribution is -2.56. The maximum atomic E-state index is 12.0. The maximum Gasteiger partial charge on any atom is 0.411 e. The summed E-state index contributed by atoms with van der Waals surface area (Å²) in [6.07, 6.45) is -0.463. The number of nitrogens with zero attached hydrogens (tertiary/aromatic N) is 2. The highest BCUT2D eigenvalue weighted by atomic mass is 16.5. The van der Waals surface area contributed by atoms with Gasteiger partial charge in [-0.25, -0.2) is 4.79 Å². The molecule has 0 bridgehead atoms. The molecule has 1 N–H and O–H groups in total. The second-order valence-electron chi connectivity index (χ2n) is 7.75. The van der Waals surface area contributed by atoms with Crippen LogP contribution in [0.5, 0.6) is 5.75 Å². The van der Waals surface area contributed by atoms with Crippen molar-refractivity contribution in [3.8, 4) is 5.75 Å². The number of benzene rings is 2. The van der Waals surface area contributed by atoms with Crippen molar-refractivity contribution in [1.29, 1.82) is 0 Å². The predicted molar refractivity (Wildman–Crippen MR) is 115 cm³/mol. The fraction of sp³-hybridized carbons (Fsp3) is 0.435. The lowest BCUT2D eigenvalue weighted by atomic mass is 10.1. The van der Waals surface area contributed by atoms with E-state index in [0.29, 0.717) is 6.04 Å². The molecule has 0 aromatic heterocycles. The summed E-state index contributed by atoms with van der Waals surface area (Å²) in [5.41, 5.74) is 2.88. The van der Waals surface area contributed by atoms with Crippen LogP contribution in [0, 0.1) is 0 Å². The molecule has 2 aliphatic rings. The fourth-order valence-electron chi connectivity index (χ4n) is 3.70. The smallest absolute Gasteiger partial charge is 0.411 e. The molecule has 30 heavy (non-hydrogen) atoms. The summed E-state index contributed by atoms with van der Waals surface area (Å²) in [5, 5.41) is 2.78. The number of anilines is 1. The van der Waals surface area contributed by atoms with Gasteiger partial charge in [0.2, 0.25) is 0 Å². The highest BCUT2D eigenvalue weighted by Gasteiger charge is 2.28. The molecule has 2 fully saturated rings. The third-order valence-electron chi connectivity index (χ3n) is 5.68. The highest BCUT2D eigenvalue weighted by molar-refractivity contribution is 5.84. The van der Waals surface area contributed by atoms with Crippen LogP contribution in [0.25, 0.3) is 0 Å². The van der Waals surface area contributed by atoms with Crippen molar-refractivity contribution in [2.24, 2.45) is 0 Å². The Balaban J connectivity index is 1.19. The lowest BCUT2D eigenvalue weighted by Gasteiger charge is -2.42. The first kappa shape index (κ1) is 20.7. The first-order chi connectivity index (χ1) is 14.7. The molecule has 7 nitrogen and oxygen atoms in total. The first-order valence-corrected chi connectivity index (χ1v) is 10.4. The Morgan fingerprint density at radius 3 is 2.27 bits per heavy atom. The minimum Gasteiger partial charge on any atom is -0.497 e. The number of ether oxygens (including phenoxy) is 3. The summed E-state index contributed by atoms with van der Waals surface area (Å²) in [6.45, 7) is 7.28. The van der Waals surface area contributed by atoms with E-state index in [1.807, 2.05) is 36.4 Å². The largest absolute Gasteiger partial charge is 0.497 e. The van der Waals surface area contributed by atoms with Gasteiger partial charge >= 0.3 is 6.09 Å². The van der Waals surface area contributed by atoms with E-state index in [0.717, 1.165) is 62.9 Å². The van der Waals surface area contributed by atoms with Gasteiger partial charge in [0.25, 0.3) is 0 Å². The molecule has 2 aromatic rings. The third-order valence-corrected chi connectivity index (χ3v) is 5.68. The molecule has 7 heteroatoms. The second-order valence-corrected chi connectivity index (χ2v) is 7.75. The zero-order valence-electron chi connectivity index (χ0n) is 17.4. The van der Waals surface area contributed by atoms with Gasteiger partial charge < -0.3 is 14.2 Å². The van der Waals surface area contributed by atoms with Gasteiger partial charge in [-0.15, -0.1) is 0 Å². The maximum absolute atomic E-state index is 12.0. The molecule has 2 aliphatic heterocycles. The molecule has 2 aromatic carbocycles. The van der Waals surface area contributed by atoms with Gasteiger partial charge in [0.15, 0.2) is 0 Å². The molecule has 4 rings (SSSR count). The van der Waals surface area contributed by atoms with E-state index in [1.165, 1.54) is 5.56 Å². The van der Waals surface area contributed by atoms with Gasteiger partial charge in [0.1, 0.15) is 12.4 Å². The van der Waals surface area contributed by atoms with Crippen LogP contribution in [0.15, 0.2) is 48.5 Å². The topological polar surface area (TPSA) is 63.3 Å². The van der Waals surface area contributed by atoms with E-state index in [4.69, 9.17) is 14.2 Å². The van der Waals surface area contributed by atoms with Gasteiger partial charge in [-0.3, -0.25) is 15.1 Å². The summed E-state index contributed by atoms with van der Waals surface area (Å²) in [6, 6.07) is 16.0. The standard InChI is InChI=1S/C23H29N3O4/c1-28-22-8-4-19(5-9-22)15-30-23(27)24-20-6-2-18(3-7-20)14-25-10-12-26(13-11-25)21-16-29-17-21/h2-9,21H,10-17H2,1H3,(H,24,27). The van der Waals surface area contributed by atoms with Crippen molar-refractivity contribution in [2.45, 2.75) is 19.2 Å². The van der Waals surface area contributed by atoms with Crippen LogP contribution in [0.1, 0.15) is 11.1 Å². The molecule has 0 aliphatic carbocycles. The van der Waals surface area contributed by atoms with E-state index < -0.39 is 6.09 Å². The van der Waals surface area contributed by atoms with Crippen LogP contribution >= 0.6 is 0 Å². The van der Waals surface area contributed by atoms with E-state index in [1.54, 1.807) is 7.11 Å². The number of carbonyl (C=O) groups is 1. The van der Waals surface area contributed by atoms with Crippen molar-refractivity contribution in [1.82, 2.24) is 9.80 Å². The fourth-order valence-corrected chi connectivity index (χ4v) is 3.70. The predicted octanol–water partition coefficient (Wildman–Crippen LogP) is 2.96. The Hall–Kier alpha value is -2.61. The Labute approximate surface area is 177 Å². The van der Waals surface area contributed by atoms with Crippen LogP contribution in [0.2, 0.25) is 0 Å². The molecule has 2 heterocycles. The summed E-state index contributed by atoms with van der Waals surface area (Å²) >= 11 is 0. The molecule has 1 amide bonds. The minimum absolute atomic E-state index is 0.215. The number of amides is 1.